The molecule has 6 heteroatoms. The molecular weight excluding hydrogens is 398 g/mol. The Morgan fingerprint density at radius 3 is 2.37 bits per heavy atom. The van der Waals surface area contributed by atoms with Gasteiger partial charge >= 0.3 is 0 Å². The molecule has 2 aromatic carbocycles. The topological polar surface area (TPSA) is 61.4 Å². The first-order valence-electron chi connectivity index (χ1n) is 10.5. The van der Waals surface area contributed by atoms with Crippen LogP contribution in [0.1, 0.15) is 55.6 Å². The van der Waals surface area contributed by atoms with Crippen LogP contribution < -0.4 is 15.5 Å². The van der Waals surface area contributed by atoms with E-state index in [1.165, 1.54) is 0 Å². The van der Waals surface area contributed by atoms with E-state index in [4.69, 9.17) is 11.6 Å². The number of hydrogen-bond acceptors (Lipinski definition) is 3. The number of halogens is 1. The largest absolute Gasteiger partial charge is 0.371 e. The molecule has 0 bridgehead atoms. The Hall–Kier alpha value is -2.53. The van der Waals surface area contributed by atoms with E-state index >= 15 is 0 Å². The van der Waals surface area contributed by atoms with E-state index in [1.54, 1.807) is 13.0 Å². The Morgan fingerprint density at radius 2 is 1.73 bits per heavy atom. The van der Waals surface area contributed by atoms with Gasteiger partial charge in [0.05, 0.1) is 11.6 Å². The molecule has 0 aromatic heterocycles. The van der Waals surface area contributed by atoms with E-state index in [0.29, 0.717) is 17.2 Å². The Bertz CT molecular complexity index is 877. The minimum Gasteiger partial charge on any atom is -0.371 e. The molecule has 2 aromatic rings. The average molecular weight is 428 g/mol. The summed E-state index contributed by atoms with van der Waals surface area (Å²) in [5, 5.41) is 5.24. The van der Waals surface area contributed by atoms with Crippen molar-refractivity contribution in [1.29, 1.82) is 0 Å². The molecule has 1 aliphatic rings. The van der Waals surface area contributed by atoms with Gasteiger partial charge in [-0.15, -0.1) is 11.6 Å². The fourth-order valence-corrected chi connectivity index (χ4v) is 3.72. The zero-order valence-corrected chi connectivity index (χ0v) is 18.6. The second-order valence-corrected chi connectivity index (χ2v) is 8.77. The van der Waals surface area contributed by atoms with Crippen LogP contribution in [0.4, 0.5) is 11.4 Å². The van der Waals surface area contributed by atoms with Gasteiger partial charge in [0.25, 0.3) is 5.91 Å². The van der Waals surface area contributed by atoms with Crippen LogP contribution in [0, 0.1) is 5.92 Å². The van der Waals surface area contributed by atoms with Crippen LogP contribution in [-0.4, -0.2) is 30.3 Å². The van der Waals surface area contributed by atoms with E-state index < -0.39 is 5.38 Å². The number of amides is 2. The molecule has 3 rings (SSSR count). The summed E-state index contributed by atoms with van der Waals surface area (Å²) >= 11 is 5.88. The van der Waals surface area contributed by atoms with Crippen molar-refractivity contribution in [3.63, 3.8) is 0 Å². The van der Waals surface area contributed by atoms with Gasteiger partial charge in [0.2, 0.25) is 5.91 Å². The summed E-state index contributed by atoms with van der Waals surface area (Å²) in [7, 11) is 0. The van der Waals surface area contributed by atoms with Crippen molar-refractivity contribution in [2.75, 3.05) is 23.3 Å². The molecular formula is C24H30ClN3O2. The molecule has 1 fully saturated rings. The zero-order chi connectivity index (χ0) is 21.7. The molecule has 0 aliphatic carbocycles. The van der Waals surface area contributed by atoms with Gasteiger partial charge in [-0.3, -0.25) is 9.59 Å². The standard InChI is InChI=1S/C24H30ClN3O2/c1-16-11-13-28(14-12-16)22-10-9-20(27-23(29)17(2)25)15-21(22)24(30)26-18(3)19-7-5-4-6-8-19/h4-10,15-18H,11-14H2,1-3H3,(H,26,30)(H,27,29)/t17-,18+/m0/s1. The van der Waals surface area contributed by atoms with Crippen LogP contribution in [0.25, 0.3) is 0 Å². The quantitative estimate of drug-likeness (QED) is 0.639. The molecule has 0 radical (unpaired) electrons. The molecule has 2 atom stereocenters. The molecule has 1 heterocycles. The number of alkyl halides is 1. The molecule has 5 nitrogen and oxygen atoms in total. The van der Waals surface area contributed by atoms with Gasteiger partial charge < -0.3 is 15.5 Å². The monoisotopic (exact) mass is 427 g/mol. The summed E-state index contributed by atoms with van der Waals surface area (Å²) in [5.41, 5.74) is 3.07. The second kappa shape index (κ2) is 9.98. The first kappa shape index (κ1) is 22.2. The Morgan fingerprint density at radius 1 is 1.07 bits per heavy atom. The molecule has 30 heavy (non-hydrogen) atoms. The van der Waals surface area contributed by atoms with E-state index in [9.17, 15) is 9.59 Å². The summed E-state index contributed by atoms with van der Waals surface area (Å²) in [6, 6.07) is 15.2. The summed E-state index contributed by atoms with van der Waals surface area (Å²) in [4.78, 5) is 27.5. The van der Waals surface area contributed by atoms with Crippen molar-refractivity contribution < 1.29 is 9.59 Å². The normalized spacial score (nSPS) is 16.6. The van der Waals surface area contributed by atoms with Crippen molar-refractivity contribution in [3.05, 3.63) is 59.7 Å². The van der Waals surface area contributed by atoms with E-state index in [-0.39, 0.29) is 17.9 Å². The van der Waals surface area contributed by atoms with Crippen molar-refractivity contribution in [1.82, 2.24) is 5.32 Å². The lowest BCUT2D eigenvalue weighted by Gasteiger charge is -2.33. The lowest BCUT2D eigenvalue weighted by atomic mass is 9.97. The minimum atomic E-state index is -0.649. The van der Waals surface area contributed by atoms with Crippen molar-refractivity contribution in [2.45, 2.75) is 45.0 Å². The zero-order valence-electron chi connectivity index (χ0n) is 17.8. The molecule has 160 valence electrons. The highest BCUT2D eigenvalue weighted by molar-refractivity contribution is 6.32. The van der Waals surface area contributed by atoms with Gasteiger partial charge in [0.15, 0.2) is 0 Å². The summed E-state index contributed by atoms with van der Waals surface area (Å²) in [5.74, 6) is 0.246. The van der Waals surface area contributed by atoms with Gasteiger partial charge in [-0.2, -0.15) is 0 Å². The SMILES string of the molecule is CC1CCN(c2ccc(NC(=O)[C@H](C)Cl)cc2C(=O)N[C@H](C)c2ccccc2)CC1. The maximum Gasteiger partial charge on any atom is 0.253 e. The molecule has 1 aliphatic heterocycles. The van der Waals surface area contributed by atoms with Gasteiger partial charge in [-0.05, 0) is 56.4 Å². The summed E-state index contributed by atoms with van der Waals surface area (Å²) in [6.07, 6.45) is 2.20. The van der Waals surface area contributed by atoms with Crippen LogP contribution in [0.5, 0.6) is 0 Å². The number of anilines is 2. The average Bonchev–Trinajstić information content (AvgIpc) is 2.75. The van der Waals surface area contributed by atoms with Crippen molar-refractivity contribution in [3.8, 4) is 0 Å². The predicted molar refractivity (Wildman–Crippen MR) is 123 cm³/mol. The maximum absolute atomic E-state index is 13.3. The van der Waals surface area contributed by atoms with Gasteiger partial charge in [-0.1, -0.05) is 37.3 Å². The van der Waals surface area contributed by atoms with Crippen LogP contribution in [0.3, 0.4) is 0 Å². The highest BCUT2D eigenvalue weighted by Gasteiger charge is 2.23. The van der Waals surface area contributed by atoms with Crippen LogP contribution in [0.2, 0.25) is 0 Å². The highest BCUT2D eigenvalue weighted by Crippen LogP contribution is 2.29. The highest BCUT2D eigenvalue weighted by atomic mass is 35.5. The lowest BCUT2D eigenvalue weighted by molar-refractivity contribution is -0.115. The third kappa shape index (κ3) is 5.54. The van der Waals surface area contributed by atoms with Crippen molar-refractivity contribution in [2.24, 2.45) is 5.92 Å². The molecule has 0 saturated carbocycles. The lowest BCUT2D eigenvalue weighted by Crippen LogP contribution is -2.35. The number of piperidine rings is 1. The van der Waals surface area contributed by atoms with E-state index in [2.05, 4.69) is 22.5 Å². The number of nitrogens with one attached hydrogen (secondary N) is 2. The Labute approximate surface area is 183 Å². The fraction of sp³-hybridized carbons (Fsp3) is 0.417. The Balaban J connectivity index is 1.87. The number of hydrogen-bond donors (Lipinski definition) is 2. The second-order valence-electron chi connectivity index (χ2n) is 8.11. The van der Waals surface area contributed by atoms with Gasteiger partial charge in [0.1, 0.15) is 5.38 Å². The Kier molecular flexibility index (Phi) is 7.38. The van der Waals surface area contributed by atoms with Gasteiger partial charge in [0, 0.05) is 24.5 Å². The third-order valence-corrected chi connectivity index (χ3v) is 5.84. The number of rotatable bonds is 6. The van der Waals surface area contributed by atoms with Crippen LogP contribution in [-0.2, 0) is 4.79 Å². The molecule has 2 amide bonds. The third-order valence-electron chi connectivity index (χ3n) is 5.64. The minimum absolute atomic E-state index is 0.131. The fourth-order valence-electron chi connectivity index (χ4n) is 3.66. The van der Waals surface area contributed by atoms with Crippen molar-refractivity contribution >= 4 is 34.8 Å². The van der Waals surface area contributed by atoms with Crippen LogP contribution >= 0.6 is 11.6 Å². The summed E-state index contributed by atoms with van der Waals surface area (Å²) in [6.45, 7) is 7.68. The first-order chi connectivity index (χ1) is 14.3. The molecule has 0 spiro atoms. The molecule has 0 unspecified atom stereocenters. The number of nitrogens with zero attached hydrogens (tertiary/aromatic N) is 1. The van der Waals surface area contributed by atoms with Crippen LogP contribution in [0.15, 0.2) is 48.5 Å². The van der Waals surface area contributed by atoms with E-state index in [0.717, 1.165) is 37.2 Å². The number of carbonyl (C=O) groups excluding carboxylic acids is 2. The van der Waals surface area contributed by atoms with Gasteiger partial charge in [-0.25, -0.2) is 0 Å². The molecule has 1 saturated heterocycles. The maximum atomic E-state index is 13.3. The van der Waals surface area contributed by atoms with E-state index in [1.807, 2.05) is 49.4 Å². The number of benzene rings is 2. The molecule has 2 N–H and O–H groups in total. The smallest absolute Gasteiger partial charge is 0.253 e. The number of carbonyl (C=O) groups is 2. The first-order valence-corrected chi connectivity index (χ1v) is 11.0. The predicted octanol–water partition coefficient (Wildman–Crippen LogP) is 4.98. The summed E-state index contributed by atoms with van der Waals surface area (Å²) < 4.78 is 0.